The van der Waals surface area contributed by atoms with Crippen LogP contribution in [0.2, 0.25) is 0 Å². The Morgan fingerprint density at radius 2 is 2.24 bits per heavy atom. The first-order valence-electron chi connectivity index (χ1n) is 6.40. The summed E-state index contributed by atoms with van der Waals surface area (Å²) in [6.07, 6.45) is 3.88. The number of likely N-dealkylation sites (tertiary alicyclic amines) is 1. The van der Waals surface area contributed by atoms with Crippen molar-refractivity contribution in [3.8, 4) is 0 Å². The number of halogens is 1. The van der Waals surface area contributed by atoms with Crippen LogP contribution in [0.3, 0.4) is 0 Å². The van der Waals surface area contributed by atoms with Crippen molar-refractivity contribution in [2.75, 3.05) is 13.1 Å². The van der Waals surface area contributed by atoms with E-state index in [0.29, 0.717) is 6.04 Å². The van der Waals surface area contributed by atoms with Crippen molar-refractivity contribution < 1.29 is 0 Å². The van der Waals surface area contributed by atoms with Gasteiger partial charge in [0.05, 0.1) is 0 Å². The van der Waals surface area contributed by atoms with Gasteiger partial charge in [-0.2, -0.15) is 0 Å². The molecule has 3 heteroatoms. The van der Waals surface area contributed by atoms with E-state index in [4.69, 9.17) is 5.73 Å². The van der Waals surface area contributed by atoms with E-state index in [0.717, 1.165) is 13.1 Å². The fourth-order valence-corrected chi connectivity index (χ4v) is 3.15. The fraction of sp³-hybridized carbons (Fsp3) is 0.571. The zero-order chi connectivity index (χ0) is 12.3. The third-order valence-electron chi connectivity index (χ3n) is 3.60. The van der Waals surface area contributed by atoms with Gasteiger partial charge in [0.1, 0.15) is 0 Å². The number of benzene rings is 1. The zero-order valence-electron chi connectivity index (χ0n) is 10.5. The number of hydrogen-bond acceptors (Lipinski definition) is 2. The SMILES string of the molecule is Cc1ccc(CN2CCCCC2CN)c(Br)c1. The highest BCUT2D eigenvalue weighted by molar-refractivity contribution is 9.10. The average molecular weight is 297 g/mol. The van der Waals surface area contributed by atoms with Gasteiger partial charge < -0.3 is 5.73 Å². The standard InChI is InChI=1S/C14H21BrN2/c1-11-5-6-12(14(15)8-11)10-17-7-3-2-4-13(17)9-16/h5-6,8,13H,2-4,7,9-10,16H2,1H3. The number of hydrogen-bond donors (Lipinski definition) is 1. The first-order valence-corrected chi connectivity index (χ1v) is 7.19. The van der Waals surface area contributed by atoms with Crippen molar-refractivity contribution >= 4 is 15.9 Å². The van der Waals surface area contributed by atoms with Gasteiger partial charge in [0.15, 0.2) is 0 Å². The molecule has 1 aliphatic rings. The monoisotopic (exact) mass is 296 g/mol. The second-order valence-corrected chi connectivity index (χ2v) is 5.80. The van der Waals surface area contributed by atoms with E-state index in [-0.39, 0.29) is 0 Å². The maximum absolute atomic E-state index is 5.86. The molecule has 1 heterocycles. The molecule has 2 rings (SSSR count). The molecule has 0 spiro atoms. The molecule has 1 saturated heterocycles. The molecule has 94 valence electrons. The van der Waals surface area contributed by atoms with E-state index < -0.39 is 0 Å². The number of piperidine rings is 1. The molecule has 1 fully saturated rings. The largest absolute Gasteiger partial charge is 0.329 e. The summed E-state index contributed by atoms with van der Waals surface area (Å²) < 4.78 is 1.22. The van der Waals surface area contributed by atoms with Crippen molar-refractivity contribution in [1.82, 2.24) is 4.90 Å². The van der Waals surface area contributed by atoms with E-state index in [2.05, 4.69) is 46.0 Å². The highest BCUT2D eigenvalue weighted by Gasteiger charge is 2.21. The van der Waals surface area contributed by atoms with Gasteiger partial charge in [0, 0.05) is 23.6 Å². The van der Waals surface area contributed by atoms with Crippen LogP contribution in [0.5, 0.6) is 0 Å². The van der Waals surface area contributed by atoms with Crippen LogP contribution in [0, 0.1) is 6.92 Å². The lowest BCUT2D eigenvalue weighted by Gasteiger charge is -2.35. The lowest BCUT2D eigenvalue weighted by molar-refractivity contribution is 0.144. The smallest absolute Gasteiger partial charge is 0.0248 e. The van der Waals surface area contributed by atoms with E-state index in [1.807, 2.05) is 0 Å². The molecule has 0 aliphatic carbocycles. The van der Waals surface area contributed by atoms with E-state index in [9.17, 15) is 0 Å². The summed E-state index contributed by atoms with van der Waals surface area (Å²) in [7, 11) is 0. The molecule has 17 heavy (non-hydrogen) atoms. The van der Waals surface area contributed by atoms with Crippen LogP contribution < -0.4 is 5.73 Å². The van der Waals surface area contributed by atoms with Gasteiger partial charge in [-0.15, -0.1) is 0 Å². The van der Waals surface area contributed by atoms with Gasteiger partial charge in [-0.05, 0) is 43.5 Å². The van der Waals surface area contributed by atoms with Crippen molar-refractivity contribution in [2.24, 2.45) is 5.73 Å². The molecule has 2 nitrogen and oxygen atoms in total. The predicted octanol–water partition coefficient (Wildman–Crippen LogP) is 3.07. The molecule has 0 aromatic heterocycles. The lowest BCUT2D eigenvalue weighted by Crippen LogP contribution is -2.43. The first-order chi connectivity index (χ1) is 8.20. The molecular formula is C14H21BrN2. The van der Waals surface area contributed by atoms with Crippen LogP contribution in [-0.4, -0.2) is 24.0 Å². The molecule has 0 saturated carbocycles. The summed E-state index contributed by atoms with van der Waals surface area (Å²) in [5.41, 5.74) is 8.53. The van der Waals surface area contributed by atoms with Gasteiger partial charge in [-0.25, -0.2) is 0 Å². The number of aryl methyl sites for hydroxylation is 1. The molecule has 1 aliphatic heterocycles. The maximum Gasteiger partial charge on any atom is 0.0248 e. The molecule has 1 aromatic rings. The Morgan fingerprint density at radius 1 is 1.41 bits per heavy atom. The van der Waals surface area contributed by atoms with E-state index in [1.165, 1.54) is 41.4 Å². The Labute approximate surface area is 112 Å². The minimum atomic E-state index is 0.567. The van der Waals surface area contributed by atoms with E-state index in [1.54, 1.807) is 0 Å². The minimum Gasteiger partial charge on any atom is -0.329 e. The van der Waals surface area contributed by atoms with Crippen molar-refractivity contribution in [1.29, 1.82) is 0 Å². The highest BCUT2D eigenvalue weighted by Crippen LogP contribution is 2.24. The summed E-state index contributed by atoms with van der Waals surface area (Å²) in [6.45, 7) is 5.10. The minimum absolute atomic E-state index is 0.567. The number of nitrogens with two attached hydrogens (primary N) is 1. The topological polar surface area (TPSA) is 29.3 Å². The number of rotatable bonds is 3. The van der Waals surface area contributed by atoms with Gasteiger partial charge in [-0.1, -0.05) is 34.5 Å². The molecule has 0 radical (unpaired) electrons. The Balaban J connectivity index is 2.08. The van der Waals surface area contributed by atoms with Gasteiger partial charge in [-0.3, -0.25) is 4.90 Å². The molecule has 2 N–H and O–H groups in total. The molecular weight excluding hydrogens is 276 g/mol. The third-order valence-corrected chi connectivity index (χ3v) is 4.34. The fourth-order valence-electron chi connectivity index (χ4n) is 2.53. The lowest BCUT2D eigenvalue weighted by atomic mass is 10.0. The van der Waals surface area contributed by atoms with Crippen LogP contribution in [0.4, 0.5) is 0 Å². The maximum atomic E-state index is 5.86. The Hall–Kier alpha value is -0.380. The zero-order valence-corrected chi connectivity index (χ0v) is 12.0. The van der Waals surface area contributed by atoms with Crippen LogP contribution in [-0.2, 0) is 6.54 Å². The van der Waals surface area contributed by atoms with Gasteiger partial charge in [0.2, 0.25) is 0 Å². The summed E-state index contributed by atoms with van der Waals surface area (Å²) in [5.74, 6) is 0. The summed E-state index contributed by atoms with van der Waals surface area (Å²) in [5, 5.41) is 0. The second kappa shape index (κ2) is 5.98. The van der Waals surface area contributed by atoms with Crippen molar-refractivity contribution in [2.45, 2.75) is 38.8 Å². The third kappa shape index (κ3) is 3.30. The Kier molecular flexibility index (Phi) is 4.60. The Bertz CT molecular complexity index is 378. The summed E-state index contributed by atoms with van der Waals surface area (Å²) in [6, 6.07) is 7.16. The van der Waals surface area contributed by atoms with Crippen LogP contribution in [0.1, 0.15) is 30.4 Å². The van der Waals surface area contributed by atoms with Crippen LogP contribution in [0.15, 0.2) is 22.7 Å². The molecule has 1 atom stereocenters. The predicted molar refractivity (Wildman–Crippen MR) is 76.0 cm³/mol. The van der Waals surface area contributed by atoms with Crippen molar-refractivity contribution in [3.63, 3.8) is 0 Å². The highest BCUT2D eigenvalue weighted by atomic mass is 79.9. The summed E-state index contributed by atoms with van der Waals surface area (Å²) in [4.78, 5) is 2.53. The van der Waals surface area contributed by atoms with E-state index >= 15 is 0 Å². The quantitative estimate of drug-likeness (QED) is 0.929. The average Bonchev–Trinajstić information content (AvgIpc) is 2.33. The second-order valence-electron chi connectivity index (χ2n) is 4.95. The summed E-state index contributed by atoms with van der Waals surface area (Å²) >= 11 is 3.66. The normalized spacial score (nSPS) is 21.7. The number of nitrogens with zero attached hydrogens (tertiary/aromatic N) is 1. The van der Waals surface area contributed by atoms with Crippen molar-refractivity contribution in [3.05, 3.63) is 33.8 Å². The Morgan fingerprint density at radius 3 is 2.94 bits per heavy atom. The van der Waals surface area contributed by atoms with Crippen LogP contribution >= 0.6 is 15.9 Å². The first kappa shape index (κ1) is 13.1. The molecule has 1 unspecified atom stereocenters. The molecule has 1 aromatic carbocycles. The molecule has 0 amide bonds. The van der Waals surface area contributed by atoms with Crippen LogP contribution in [0.25, 0.3) is 0 Å². The molecule has 0 bridgehead atoms. The van der Waals surface area contributed by atoms with Gasteiger partial charge in [0.25, 0.3) is 0 Å². The van der Waals surface area contributed by atoms with Gasteiger partial charge >= 0.3 is 0 Å².